The lowest BCUT2D eigenvalue weighted by Gasteiger charge is -2.18. The fourth-order valence-electron chi connectivity index (χ4n) is 2.70. The number of halogens is 1. The Balaban J connectivity index is 2.05. The van der Waals surface area contributed by atoms with Gasteiger partial charge in [-0.1, -0.05) is 37.1 Å². The van der Waals surface area contributed by atoms with Crippen molar-refractivity contribution in [1.82, 2.24) is 9.62 Å². The summed E-state index contributed by atoms with van der Waals surface area (Å²) in [6.07, 6.45) is 1.94. The second-order valence-corrected chi connectivity index (χ2v) is 9.06. The fourth-order valence-corrected chi connectivity index (χ4v) is 3.99. The molecule has 2 rings (SSSR count). The van der Waals surface area contributed by atoms with E-state index >= 15 is 0 Å². The number of carbonyl (C=O) groups excluding carboxylic acids is 1. The maximum absolute atomic E-state index is 12.6. The highest BCUT2D eigenvalue weighted by atomic mass is 35.5. The Kier molecular flexibility index (Phi) is 7.41. The monoisotopic (exact) mass is 408 g/mol. The van der Waals surface area contributed by atoms with Crippen molar-refractivity contribution in [3.05, 3.63) is 64.7 Å². The molecule has 0 fully saturated rings. The first-order valence-corrected chi connectivity index (χ1v) is 10.7. The normalized spacial score (nSPS) is 12.8. The van der Waals surface area contributed by atoms with E-state index in [1.165, 1.54) is 23.5 Å². The Morgan fingerprint density at radius 1 is 1.11 bits per heavy atom. The predicted molar refractivity (Wildman–Crippen MR) is 108 cm³/mol. The van der Waals surface area contributed by atoms with Gasteiger partial charge in [0.25, 0.3) is 5.91 Å². The van der Waals surface area contributed by atoms with Crippen LogP contribution in [0, 0.1) is 0 Å². The smallest absolute Gasteiger partial charge is 0.251 e. The number of nitrogens with zero attached hydrogens (tertiary/aromatic N) is 1. The average Bonchev–Trinajstić information content (AvgIpc) is 2.62. The first-order valence-electron chi connectivity index (χ1n) is 8.85. The van der Waals surface area contributed by atoms with Crippen LogP contribution in [0.15, 0.2) is 53.4 Å². The zero-order valence-corrected chi connectivity index (χ0v) is 17.3. The molecule has 0 radical (unpaired) electrons. The molecule has 7 heteroatoms. The molecule has 0 heterocycles. The van der Waals surface area contributed by atoms with E-state index in [1.807, 2.05) is 6.92 Å². The van der Waals surface area contributed by atoms with Crippen LogP contribution in [0.25, 0.3) is 0 Å². The van der Waals surface area contributed by atoms with Crippen LogP contribution in [0.3, 0.4) is 0 Å². The van der Waals surface area contributed by atoms with Crippen LogP contribution in [0.5, 0.6) is 0 Å². The van der Waals surface area contributed by atoms with Gasteiger partial charge in [0, 0.05) is 30.2 Å². The van der Waals surface area contributed by atoms with E-state index in [-0.39, 0.29) is 23.4 Å². The summed E-state index contributed by atoms with van der Waals surface area (Å²) in [5.74, 6) is -0.121. The van der Waals surface area contributed by atoms with E-state index in [4.69, 9.17) is 11.6 Å². The Bertz CT molecular complexity index is 865. The molecule has 2 aromatic carbocycles. The summed E-state index contributed by atoms with van der Waals surface area (Å²) >= 11 is 5.82. The molecule has 146 valence electrons. The largest absolute Gasteiger partial charge is 0.350 e. The van der Waals surface area contributed by atoms with Crippen LogP contribution in [0.2, 0.25) is 5.02 Å². The summed E-state index contributed by atoms with van der Waals surface area (Å²) in [6, 6.07) is 13.2. The molecule has 1 amide bonds. The van der Waals surface area contributed by atoms with E-state index in [0.29, 0.717) is 10.6 Å². The molecule has 27 heavy (non-hydrogen) atoms. The van der Waals surface area contributed by atoms with Crippen LogP contribution in [0.1, 0.15) is 42.6 Å². The third kappa shape index (κ3) is 5.79. The van der Waals surface area contributed by atoms with E-state index in [9.17, 15) is 13.2 Å². The minimum absolute atomic E-state index is 0.121. The Morgan fingerprint density at radius 3 is 2.26 bits per heavy atom. The third-order valence-electron chi connectivity index (χ3n) is 4.24. The van der Waals surface area contributed by atoms with Gasteiger partial charge in [-0.05, 0) is 55.3 Å². The van der Waals surface area contributed by atoms with Crippen LogP contribution in [-0.4, -0.2) is 31.7 Å². The van der Waals surface area contributed by atoms with Gasteiger partial charge in [-0.25, -0.2) is 8.42 Å². The van der Waals surface area contributed by atoms with Gasteiger partial charge in [-0.15, -0.1) is 0 Å². The molecule has 0 aliphatic heterocycles. The highest BCUT2D eigenvalue weighted by molar-refractivity contribution is 7.89. The summed E-state index contributed by atoms with van der Waals surface area (Å²) in [7, 11) is -2.08. The minimum Gasteiger partial charge on any atom is -0.350 e. The van der Waals surface area contributed by atoms with Gasteiger partial charge in [0.15, 0.2) is 0 Å². The molecule has 0 aliphatic rings. The van der Waals surface area contributed by atoms with Crippen molar-refractivity contribution in [1.29, 1.82) is 0 Å². The second-order valence-electron chi connectivity index (χ2n) is 6.58. The van der Waals surface area contributed by atoms with Crippen LogP contribution in [0.4, 0.5) is 0 Å². The summed E-state index contributed by atoms with van der Waals surface area (Å²) in [5, 5.41) is 3.44. The lowest BCUT2D eigenvalue weighted by atomic mass is 10.1. The summed E-state index contributed by atoms with van der Waals surface area (Å²) in [6.45, 7) is 4.26. The van der Waals surface area contributed by atoms with Crippen molar-refractivity contribution in [2.24, 2.45) is 0 Å². The molecular weight excluding hydrogens is 384 g/mol. The number of rotatable bonds is 8. The lowest BCUT2D eigenvalue weighted by Crippen LogP contribution is -2.32. The molecule has 1 unspecified atom stereocenters. The average molecular weight is 409 g/mol. The highest BCUT2D eigenvalue weighted by Crippen LogP contribution is 2.19. The zero-order valence-electron chi connectivity index (χ0n) is 15.8. The molecule has 1 atom stereocenters. The molecule has 0 spiro atoms. The van der Waals surface area contributed by atoms with Crippen molar-refractivity contribution in [2.75, 3.05) is 7.05 Å². The van der Waals surface area contributed by atoms with Gasteiger partial charge in [0.2, 0.25) is 10.0 Å². The Morgan fingerprint density at radius 2 is 1.70 bits per heavy atom. The number of sulfonamides is 1. The van der Waals surface area contributed by atoms with Crippen LogP contribution < -0.4 is 5.32 Å². The molecule has 0 saturated heterocycles. The maximum Gasteiger partial charge on any atom is 0.251 e. The summed E-state index contributed by atoms with van der Waals surface area (Å²) in [4.78, 5) is 12.4. The van der Waals surface area contributed by atoms with Crippen LogP contribution in [-0.2, 0) is 16.6 Å². The topological polar surface area (TPSA) is 66.5 Å². The molecule has 5 nitrogen and oxygen atoms in total. The quantitative estimate of drug-likeness (QED) is 0.715. The maximum atomic E-state index is 12.6. The van der Waals surface area contributed by atoms with E-state index in [2.05, 4.69) is 12.2 Å². The van der Waals surface area contributed by atoms with Gasteiger partial charge in [0.1, 0.15) is 0 Å². The number of hydrogen-bond acceptors (Lipinski definition) is 3. The van der Waals surface area contributed by atoms with E-state index in [1.54, 1.807) is 36.4 Å². The SMILES string of the molecule is CCCC(C)NC(=O)c1ccc(CN(C)S(=O)(=O)c2ccc(Cl)cc2)cc1. The number of amides is 1. The number of hydrogen-bond donors (Lipinski definition) is 1. The molecule has 2 aromatic rings. The second kappa shape index (κ2) is 9.35. The van der Waals surface area contributed by atoms with Crippen molar-refractivity contribution >= 4 is 27.5 Å². The molecule has 0 bridgehead atoms. The first kappa shape index (κ1) is 21.4. The molecule has 1 N–H and O–H groups in total. The van der Waals surface area contributed by atoms with Crippen LogP contribution >= 0.6 is 11.6 Å². The molecular formula is C20H25ClN2O3S. The third-order valence-corrected chi connectivity index (χ3v) is 6.31. The van der Waals surface area contributed by atoms with E-state index < -0.39 is 10.0 Å². The molecule has 0 aliphatic carbocycles. The highest BCUT2D eigenvalue weighted by Gasteiger charge is 2.21. The number of benzene rings is 2. The van der Waals surface area contributed by atoms with Gasteiger partial charge >= 0.3 is 0 Å². The lowest BCUT2D eigenvalue weighted by molar-refractivity contribution is 0.0938. The standard InChI is InChI=1S/C20H25ClN2O3S/c1-4-5-15(2)22-20(24)17-8-6-16(7-9-17)14-23(3)27(25,26)19-12-10-18(21)11-13-19/h6-13,15H,4-5,14H2,1-3H3,(H,22,24). The molecule has 0 saturated carbocycles. The number of nitrogens with one attached hydrogen (secondary N) is 1. The first-order chi connectivity index (χ1) is 12.7. The summed E-state index contributed by atoms with van der Waals surface area (Å²) in [5.41, 5.74) is 1.36. The van der Waals surface area contributed by atoms with E-state index in [0.717, 1.165) is 18.4 Å². The van der Waals surface area contributed by atoms with Crippen molar-refractivity contribution < 1.29 is 13.2 Å². The minimum atomic E-state index is -3.61. The predicted octanol–water partition coefficient (Wildman–Crippen LogP) is 4.08. The Hall–Kier alpha value is -1.89. The van der Waals surface area contributed by atoms with Gasteiger partial charge in [0.05, 0.1) is 4.90 Å². The fraction of sp³-hybridized carbons (Fsp3) is 0.350. The number of carbonyl (C=O) groups is 1. The van der Waals surface area contributed by atoms with Gasteiger partial charge < -0.3 is 5.32 Å². The zero-order chi connectivity index (χ0) is 20.0. The van der Waals surface area contributed by atoms with Crippen molar-refractivity contribution in [2.45, 2.75) is 44.2 Å². The van der Waals surface area contributed by atoms with Gasteiger partial charge in [-0.3, -0.25) is 4.79 Å². The summed E-state index contributed by atoms with van der Waals surface area (Å²) < 4.78 is 26.5. The van der Waals surface area contributed by atoms with Crippen molar-refractivity contribution in [3.8, 4) is 0 Å². The molecule has 0 aromatic heterocycles. The Labute approximate surface area is 166 Å². The van der Waals surface area contributed by atoms with Crippen molar-refractivity contribution in [3.63, 3.8) is 0 Å². The van der Waals surface area contributed by atoms with Gasteiger partial charge in [-0.2, -0.15) is 4.31 Å².